The Kier molecular flexibility index (Phi) is 9.21. The van der Waals surface area contributed by atoms with Crippen LogP contribution in [0, 0.1) is 0 Å². The second kappa shape index (κ2) is 12.8. The highest BCUT2D eigenvalue weighted by Crippen LogP contribution is 2.38. The third-order valence-electron chi connectivity index (χ3n) is 6.77. The number of carbonyl (C=O) groups is 2. The number of esters is 1. The van der Waals surface area contributed by atoms with Crippen molar-refractivity contribution in [1.82, 2.24) is 10.0 Å². The molecule has 4 N–H and O–H groups in total. The van der Waals surface area contributed by atoms with Crippen molar-refractivity contribution in [2.45, 2.75) is 55.6 Å². The standard InChI is InChI=1S/C29H32N2O7S/c32-24-13-14-26(27(33)18-24)21-9-11-23(12-10-21)31-39(36,37)25-8-4-7-22(17-25)29(35)30-16-15-28(34)38-19-20-5-2-1-3-6-20/h1-8,13-14,17-18,21,23,31-33H,9-12,15-16,19H2,(H,30,35). The van der Waals surface area contributed by atoms with Crippen LogP contribution in [0.1, 0.15) is 59.5 Å². The molecule has 0 aromatic heterocycles. The van der Waals surface area contributed by atoms with Gasteiger partial charge in [0.05, 0.1) is 11.3 Å². The van der Waals surface area contributed by atoms with Crippen molar-refractivity contribution in [1.29, 1.82) is 0 Å². The molecule has 39 heavy (non-hydrogen) atoms. The van der Waals surface area contributed by atoms with Crippen LogP contribution in [0.15, 0.2) is 77.7 Å². The van der Waals surface area contributed by atoms with Crippen molar-refractivity contribution in [3.05, 3.63) is 89.5 Å². The lowest BCUT2D eigenvalue weighted by Gasteiger charge is -2.29. The molecule has 10 heteroatoms. The van der Waals surface area contributed by atoms with E-state index in [2.05, 4.69) is 10.0 Å². The molecular weight excluding hydrogens is 520 g/mol. The molecular formula is C29H32N2O7S. The number of amides is 1. The zero-order chi connectivity index (χ0) is 27.8. The maximum atomic E-state index is 13.0. The van der Waals surface area contributed by atoms with Gasteiger partial charge in [-0.15, -0.1) is 0 Å². The molecule has 1 aliphatic carbocycles. The highest BCUT2D eigenvalue weighted by Gasteiger charge is 2.28. The number of hydrogen-bond donors (Lipinski definition) is 4. The molecule has 1 fully saturated rings. The molecule has 4 rings (SSSR count). The van der Waals surface area contributed by atoms with Crippen LogP contribution in [0.5, 0.6) is 11.5 Å². The van der Waals surface area contributed by atoms with E-state index in [0.717, 1.165) is 11.1 Å². The summed E-state index contributed by atoms with van der Waals surface area (Å²) in [6.07, 6.45) is 2.53. The molecule has 0 bridgehead atoms. The zero-order valence-electron chi connectivity index (χ0n) is 21.4. The summed E-state index contributed by atoms with van der Waals surface area (Å²) >= 11 is 0. The first kappa shape index (κ1) is 28.1. The average molecular weight is 553 g/mol. The second-order valence-corrected chi connectivity index (χ2v) is 11.3. The minimum absolute atomic E-state index is 0.00468. The van der Waals surface area contributed by atoms with Gasteiger partial charge < -0.3 is 20.3 Å². The second-order valence-electron chi connectivity index (χ2n) is 9.59. The average Bonchev–Trinajstić information content (AvgIpc) is 2.93. The largest absolute Gasteiger partial charge is 0.508 e. The summed E-state index contributed by atoms with van der Waals surface area (Å²) in [6, 6.07) is 19.3. The summed E-state index contributed by atoms with van der Waals surface area (Å²) in [5, 5.41) is 22.3. The number of phenols is 2. The molecule has 1 saturated carbocycles. The van der Waals surface area contributed by atoms with Gasteiger partial charge in [-0.25, -0.2) is 13.1 Å². The van der Waals surface area contributed by atoms with Crippen LogP contribution in [0.2, 0.25) is 0 Å². The number of aromatic hydroxyl groups is 2. The minimum Gasteiger partial charge on any atom is -0.508 e. The Labute approximate surface area is 227 Å². The third kappa shape index (κ3) is 7.81. The van der Waals surface area contributed by atoms with Crippen molar-refractivity contribution in [2.24, 2.45) is 0 Å². The number of phenolic OH excluding ortho intramolecular Hbond substituents is 2. The Bertz CT molecular complexity index is 1400. The van der Waals surface area contributed by atoms with Gasteiger partial charge in [-0.1, -0.05) is 42.5 Å². The Morgan fingerprint density at radius 1 is 0.897 bits per heavy atom. The summed E-state index contributed by atoms with van der Waals surface area (Å²) < 4.78 is 34.0. The molecule has 0 atom stereocenters. The SMILES string of the molecule is O=C(CCNC(=O)c1cccc(S(=O)(=O)NC2CCC(c3ccc(O)cc3O)CC2)c1)OCc1ccccc1. The van der Waals surface area contributed by atoms with E-state index in [1.165, 1.54) is 36.4 Å². The van der Waals surface area contributed by atoms with Crippen molar-refractivity contribution in [3.63, 3.8) is 0 Å². The predicted octanol–water partition coefficient (Wildman–Crippen LogP) is 3.97. The van der Waals surface area contributed by atoms with Gasteiger partial charge in [0.15, 0.2) is 0 Å². The summed E-state index contributed by atoms with van der Waals surface area (Å²) in [5.74, 6) is -0.825. The van der Waals surface area contributed by atoms with E-state index in [4.69, 9.17) is 4.74 Å². The van der Waals surface area contributed by atoms with Gasteiger partial charge in [0, 0.05) is 24.2 Å². The highest BCUT2D eigenvalue weighted by molar-refractivity contribution is 7.89. The van der Waals surface area contributed by atoms with E-state index in [0.29, 0.717) is 25.7 Å². The van der Waals surface area contributed by atoms with Gasteiger partial charge in [-0.2, -0.15) is 0 Å². The minimum atomic E-state index is -3.87. The highest BCUT2D eigenvalue weighted by atomic mass is 32.2. The lowest BCUT2D eigenvalue weighted by Crippen LogP contribution is -2.37. The zero-order valence-corrected chi connectivity index (χ0v) is 22.2. The predicted molar refractivity (Wildman–Crippen MR) is 145 cm³/mol. The van der Waals surface area contributed by atoms with Gasteiger partial charge in [-0.05, 0) is 67.0 Å². The number of nitrogens with one attached hydrogen (secondary N) is 2. The molecule has 1 amide bonds. The van der Waals surface area contributed by atoms with Crippen LogP contribution in [0.4, 0.5) is 0 Å². The molecule has 1 aliphatic rings. The first-order valence-corrected chi connectivity index (χ1v) is 14.3. The monoisotopic (exact) mass is 552 g/mol. The number of benzene rings is 3. The van der Waals surface area contributed by atoms with Crippen molar-refractivity contribution in [3.8, 4) is 11.5 Å². The molecule has 0 spiro atoms. The Balaban J connectivity index is 1.26. The van der Waals surface area contributed by atoms with E-state index in [9.17, 15) is 28.2 Å². The first-order valence-electron chi connectivity index (χ1n) is 12.8. The summed E-state index contributed by atoms with van der Waals surface area (Å²) in [6.45, 7) is 0.211. The maximum Gasteiger partial charge on any atom is 0.307 e. The number of sulfonamides is 1. The topological polar surface area (TPSA) is 142 Å². The summed E-state index contributed by atoms with van der Waals surface area (Å²) in [7, 11) is -3.87. The molecule has 0 heterocycles. The quantitative estimate of drug-likeness (QED) is 0.279. The third-order valence-corrected chi connectivity index (χ3v) is 8.28. The molecule has 0 aliphatic heterocycles. The normalized spacial score (nSPS) is 17.3. The van der Waals surface area contributed by atoms with Crippen LogP contribution < -0.4 is 10.0 Å². The lowest BCUT2D eigenvalue weighted by atomic mass is 9.81. The number of ether oxygens (including phenoxy) is 1. The smallest absolute Gasteiger partial charge is 0.307 e. The maximum absolute atomic E-state index is 13.0. The van der Waals surface area contributed by atoms with Gasteiger partial charge in [0.25, 0.3) is 5.91 Å². The summed E-state index contributed by atoms with van der Waals surface area (Å²) in [4.78, 5) is 24.5. The number of rotatable bonds is 10. The number of carbonyl (C=O) groups excluding carboxylic acids is 2. The van der Waals surface area contributed by atoms with E-state index in [-0.39, 0.29) is 53.5 Å². The van der Waals surface area contributed by atoms with Crippen LogP contribution >= 0.6 is 0 Å². The summed E-state index contributed by atoms with van der Waals surface area (Å²) in [5.41, 5.74) is 1.78. The van der Waals surface area contributed by atoms with Crippen molar-refractivity contribution < 1.29 is 33.0 Å². The fraction of sp³-hybridized carbons (Fsp3) is 0.310. The first-order chi connectivity index (χ1) is 18.7. The van der Waals surface area contributed by atoms with Gasteiger partial charge in [-0.3, -0.25) is 9.59 Å². The van der Waals surface area contributed by atoms with Crippen LogP contribution in [0.25, 0.3) is 0 Å². The van der Waals surface area contributed by atoms with E-state index in [1.54, 1.807) is 6.07 Å². The number of hydrogen-bond acceptors (Lipinski definition) is 7. The molecule has 0 radical (unpaired) electrons. The van der Waals surface area contributed by atoms with Crippen molar-refractivity contribution in [2.75, 3.05) is 6.54 Å². The van der Waals surface area contributed by atoms with E-state index < -0.39 is 21.9 Å². The van der Waals surface area contributed by atoms with Crippen LogP contribution in [-0.4, -0.2) is 43.1 Å². The molecule has 0 saturated heterocycles. The van der Waals surface area contributed by atoms with E-state index in [1.807, 2.05) is 30.3 Å². The Morgan fingerprint density at radius 3 is 2.36 bits per heavy atom. The Morgan fingerprint density at radius 2 is 1.64 bits per heavy atom. The molecule has 0 unspecified atom stereocenters. The van der Waals surface area contributed by atoms with Gasteiger partial charge in [0.2, 0.25) is 10.0 Å². The molecule has 3 aromatic carbocycles. The molecule has 9 nitrogen and oxygen atoms in total. The fourth-order valence-electron chi connectivity index (χ4n) is 4.68. The molecule has 206 valence electrons. The fourth-order valence-corrected chi connectivity index (χ4v) is 6.03. The van der Waals surface area contributed by atoms with Gasteiger partial charge in [0.1, 0.15) is 18.1 Å². The van der Waals surface area contributed by atoms with E-state index >= 15 is 0 Å². The van der Waals surface area contributed by atoms with Gasteiger partial charge >= 0.3 is 5.97 Å². The van der Waals surface area contributed by atoms with Crippen molar-refractivity contribution >= 4 is 21.9 Å². The van der Waals surface area contributed by atoms with Crippen LogP contribution in [0.3, 0.4) is 0 Å². The molecule has 3 aromatic rings. The van der Waals surface area contributed by atoms with Crippen LogP contribution in [-0.2, 0) is 26.2 Å². The Hall–Kier alpha value is -3.89. The lowest BCUT2D eigenvalue weighted by molar-refractivity contribution is -0.144.